The molecule has 0 radical (unpaired) electrons. The molecule has 3 N–H and O–H groups in total. The predicted molar refractivity (Wildman–Crippen MR) is 140 cm³/mol. The van der Waals surface area contributed by atoms with Crippen LogP contribution in [0.3, 0.4) is 0 Å². The van der Waals surface area contributed by atoms with Crippen LogP contribution in [0.2, 0.25) is 5.02 Å². The molecule has 1 saturated carbocycles. The van der Waals surface area contributed by atoms with Crippen molar-refractivity contribution in [3.63, 3.8) is 0 Å². The third-order valence-corrected chi connectivity index (χ3v) is 7.31. The Morgan fingerprint density at radius 3 is 2.33 bits per heavy atom. The first-order valence-electron chi connectivity index (χ1n) is 12.7. The van der Waals surface area contributed by atoms with Gasteiger partial charge < -0.3 is 25.1 Å². The zero-order valence-electron chi connectivity index (χ0n) is 22.0. The van der Waals surface area contributed by atoms with E-state index < -0.39 is 34.7 Å². The second-order valence-electron chi connectivity index (χ2n) is 10.8. The van der Waals surface area contributed by atoms with Gasteiger partial charge in [-0.1, -0.05) is 32.4 Å². The van der Waals surface area contributed by atoms with Gasteiger partial charge in [0.25, 0.3) is 5.91 Å². The third-order valence-electron chi connectivity index (χ3n) is 6.98. The number of amides is 3. The molecule has 0 bridgehead atoms. The highest BCUT2D eigenvalue weighted by Crippen LogP contribution is 2.40. The third kappa shape index (κ3) is 8.39. The van der Waals surface area contributed by atoms with E-state index >= 15 is 0 Å². The average molecular weight is 572 g/mol. The van der Waals surface area contributed by atoms with Gasteiger partial charge in [0.05, 0.1) is 23.6 Å². The zero-order valence-corrected chi connectivity index (χ0v) is 22.8. The number of alkyl halides is 3. The molecule has 1 aromatic carbocycles. The Balaban J connectivity index is 1.79. The van der Waals surface area contributed by atoms with Crippen LogP contribution in [-0.2, 0) is 17.5 Å². The quantitative estimate of drug-likeness (QED) is 0.323. The Hall–Kier alpha value is -3.21. The summed E-state index contributed by atoms with van der Waals surface area (Å²) in [5.41, 5.74) is -0.994. The summed E-state index contributed by atoms with van der Waals surface area (Å²) in [6, 6.07) is 5.34. The summed E-state index contributed by atoms with van der Waals surface area (Å²) in [5, 5.41) is 13.3. The monoisotopic (exact) mass is 571 g/mol. The maximum atomic E-state index is 13.4. The number of hydrogen-bond acceptors (Lipinski definition) is 4. The number of hydrogen-bond donors (Lipinski definition) is 3. The molecular formula is C27H33ClF3N3O5. The highest BCUT2D eigenvalue weighted by atomic mass is 35.5. The number of carbonyl (C=O) groups excluding carboxylic acids is 2. The van der Waals surface area contributed by atoms with Crippen molar-refractivity contribution in [3.05, 3.63) is 52.4 Å². The minimum Gasteiger partial charge on any atom is -0.481 e. The molecule has 3 amide bonds. The van der Waals surface area contributed by atoms with Gasteiger partial charge in [-0.05, 0) is 67.3 Å². The van der Waals surface area contributed by atoms with Crippen LogP contribution in [-0.4, -0.2) is 40.5 Å². The van der Waals surface area contributed by atoms with Crippen molar-refractivity contribution in [1.29, 1.82) is 0 Å². The van der Waals surface area contributed by atoms with Gasteiger partial charge in [-0.25, -0.2) is 4.79 Å². The SMILES string of the molecule is CC(C)(C)C1CCC(N(Cc2ccc(C(=O)NCCC(=O)O)o2)C(=O)Nc2ccc(Cl)c(C(F)(F)F)c2)CC1. The number of benzene rings is 1. The molecule has 0 aliphatic heterocycles. The molecule has 1 aliphatic rings. The summed E-state index contributed by atoms with van der Waals surface area (Å²) >= 11 is 5.72. The minimum atomic E-state index is -4.68. The molecule has 0 unspecified atom stereocenters. The topological polar surface area (TPSA) is 112 Å². The molecule has 214 valence electrons. The molecule has 0 spiro atoms. The van der Waals surface area contributed by atoms with Crippen LogP contribution in [0.4, 0.5) is 23.7 Å². The van der Waals surface area contributed by atoms with Crippen LogP contribution in [0.5, 0.6) is 0 Å². The number of nitrogens with zero attached hydrogens (tertiary/aromatic N) is 1. The van der Waals surface area contributed by atoms with E-state index in [-0.39, 0.29) is 42.4 Å². The number of furan rings is 1. The van der Waals surface area contributed by atoms with Gasteiger partial charge in [-0.2, -0.15) is 13.2 Å². The molecule has 8 nitrogen and oxygen atoms in total. The number of aliphatic carboxylic acids is 1. The van der Waals surface area contributed by atoms with Crippen LogP contribution in [0.25, 0.3) is 0 Å². The van der Waals surface area contributed by atoms with Crippen molar-refractivity contribution < 1.29 is 37.1 Å². The number of rotatable bonds is 8. The number of carboxylic acid groups (broad SMARTS) is 1. The maximum absolute atomic E-state index is 13.4. The predicted octanol–water partition coefficient (Wildman–Crippen LogP) is 6.80. The van der Waals surface area contributed by atoms with Crippen LogP contribution in [0.1, 0.15) is 74.8 Å². The summed E-state index contributed by atoms with van der Waals surface area (Å²) in [6.45, 7) is 6.43. The van der Waals surface area contributed by atoms with E-state index in [9.17, 15) is 27.6 Å². The lowest BCUT2D eigenvalue weighted by molar-refractivity contribution is -0.138. The largest absolute Gasteiger partial charge is 0.481 e. The van der Waals surface area contributed by atoms with Gasteiger partial charge in [-0.3, -0.25) is 9.59 Å². The Morgan fingerprint density at radius 1 is 1.08 bits per heavy atom. The first-order valence-corrected chi connectivity index (χ1v) is 13.1. The summed E-state index contributed by atoms with van der Waals surface area (Å²) in [4.78, 5) is 37.9. The fourth-order valence-electron chi connectivity index (χ4n) is 4.76. The summed E-state index contributed by atoms with van der Waals surface area (Å²) in [5.74, 6) is -0.918. The van der Waals surface area contributed by atoms with Crippen molar-refractivity contribution in [1.82, 2.24) is 10.2 Å². The van der Waals surface area contributed by atoms with E-state index in [4.69, 9.17) is 21.1 Å². The number of nitrogens with one attached hydrogen (secondary N) is 2. The van der Waals surface area contributed by atoms with E-state index in [1.807, 2.05) is 0 Å². The Bertz CT molecular complexity index is 1180. The molecule has 1 fully saturated rings. The van der Waals surface area contributed by atoms with Gasteiger partial charge in [0.15, 0.2) is 5.76 Å². The summed E-state index contributed by atoms with van der Waals surface area (Å²) in [7, 11) is 0. The van der Waals surface area contributed by atoms with Crippen LogP contribution < -0.4 is 10.6 Å². The molecule has 1 aromatic heterocycles. The van der Waals surface area contributed by atoms with Gasteiger partial charge in [0.1, 0.15) is 5.76 Å². The molecule has 39 heavy (non-hydrogen) atoms. The Labute approximate surface area is 229 Å². The van der Waals surface area contributed by atoms with Gasteiger partial charge >= 0.3 is 18.2 Å². The maximum Gasteiger partial charge on any atom is 0.417 e. The minimum absolute atomic E-state index is 0.0151. The first kappa shape index (κ1) is 30.3. The van der Waals surface area contributed by atoms with Gasteiger partial charge in [0, 0.05) is 18.3 Å². The molecule has 0 atom stereocenters. The van der Waals surface area contributed by atoms with Crippen molar-refractivity contribution in [3.8, 4) is 0 Å². The normalized spacial score (nSPS) is 17.9. The fraction of sp³-hybridized carbons (Fsp3) is 0.519. The highest BCUT2D eigenvalue weighted by Gasteiger charge is 2.36. The first-order chi connectivity index (χ1) is 18.1. The van der Waals surface area contributed by atoms with E-state index in [0.717, 1.165) is 25.0 Å². The second kappa shape index (κ2) is 12.3. The second-order valence-corrected chi connectivity index (χ2v) is 11.2. The number of halogens is 4. The molecule has 2 aromatic rings. The van der Waals surface area contributed by atoms with E-state index in [1.54, 1.807) is 0 Å². The molecule has 1 aliphatic carbocycles. The molecule has 3 rings (SSSR count). The number of urea groups is 1. The molecule has 1 heterocycles. The Morgan fingerprint density at radius 2 is 1.74 bits per heavy atom. The standard InChI is InChI=1S/C27H33ClF3N3O5/c1-26(2,3)16-4-7-18(8-5-16)34(15-19-9-11-22(39-19)24(37)32-13-12-23(35)36)25(38)33-17-6-10-21(28)20(14-17)27(29,30)31/h6,9-11,14,16,18H,4-5,7-8,12-13,15H2,1-3H3,(H,32,37)(H,33,38)(H,35,36). The van der Waals surface area contributed by atoms with E-state index in [0.29, 0.717) is 24.5 Å². The van der Waals surface area contributed by atoms with Gasteiger partial charge in [-0.15, -0.1) is 0 Å². The van der Waals surface area contributed by atoms with E-state index in [1.165, 1.54) is 23.1 Å². The number of carboxylic acids is 1. The average Bonchev–Trinajstić information content (AvgIpc) is 3.31. The van der Waals surface area contributed by atoms with Crippen molar-refractivity contribution in [2.75, 3.05) is 11.9 Å². The molecule has 0 saturated heterocycles. The van der Waals surface area contributed by atoms with Crippen molar-refractivity contribution in [2.45, 2.75) is 71.6 Å². The van der Waals surface area contributed by atoms with Crippen molar-refractivity contribution in [2.24, 2.45) is 11.3 Å². The van der Waals surface area contributed by atoms with Gasteiger partial charge in [0.2, 0.25) is 0 Å². The summed E-state index contributed by atoms with van der Waals surface area (Å²) in [6.07, 6.45) is -1.76. The lowest BCUT2D eigenvalue weighted by Gasteiger charge is -2.40. The lowest BCUT2D eigenvalue weighted by atomic mass is 9.71. The lowest BCUT2D eigenvalue weighted by Crippen LogP contribution is -2.45. The molecule has 12 heteroatoms. The summed E-state index contributed by atoms with van der Waals surface area (Å²) < 4.78 is 45.6. The smallest absolute Gasteiger partial charge is 0.417 e. The zero-order chi connectivity index (χ0) is 29.0. The van der Waals surface area contributed by atoms with Crippen LogP contribution in [0.15, 0.2) is 34.7 Å². The van der Waals surface area contributed by atoms with Crippen LogP contribution in [0, 0.1) is 11.3 Å². The molecular weight excluding hydrogens is 539 g/mol. The highest BCUT2D eigenvalue weighted by molar-refractivity contribution is 6.31. The van der Waals surface area contributed by atoms with Crippen LogP contribution >= 0.6 is 11.6 Å². The van der Waals surface area contributed by atoms with E-state index in [2.05, 4.69) is 31.4 Å². The number of anilines is 1. The van der Waals surface area contributed by atoms with Crippen molar-refractivity contribution >= 4 is 35.2 Å². The Kier molecular flexibility index (Phi) is 9.58. The fourth-order valence-corrected chi connectivity index (χ4v) is 4.98. The number of carbonyl (C=O) groups is 3.